The van der Waals surface area contributed by atoms with E-state index in [-0.39, 0.29) is 0 Å². The predicted octanol–water partition coefficient (Wildman–Crippen LogP) is 3.52. The van der Waals surface area contributed by atoms with Crippen molar-refractivity contribution in [3.05, 3.63) is 21.9 Å². The quantitative estimate of drug-likeness (QED) is 0.802. The van der Waals surface area contributed by atoms with Gasteiger partial charge in [0.25, 0.3) is 0 Å². The highest BCUT2D eigenvalue weighted by atomic mass is 32.1. The lowest BCUT2D eigenvalue weighted by molar-refractivity contribution is 0.0190. The molecule has 0 amide bonds. The van der Waals surface area contributed by atoms with E-state index in [1.165, 1.54) is 23.3 Å². The molecule has 0 aliphatic heterocycles. The molecule has 0 spiro atoms. The topological polar surface area (TPSA) is 21.3 Å². The molecule has 96 valence electrons. The van der Waals surface area contributed by atoms with Gasteiger partial charge in [0.2, 0.25) is 0 Å². The van der Waals surface area contributed by atoms with E-state index in [1.54, 1.807) is 0 Å². The van der Waals surface area contributed by atoms with E-state index in [2.05, 4.69) is 37.5 Å². The van der Waals surface area contributed by atoms with Crippen LogP contribution in [0, 0.1) is 12.8 Å². The molecule has 1 aliphatic rings. The largest absolute Gasteiger partial charge is 0.376 e. The summed E-state index contributed by atoms with van der Waals surface area (Å²) < 4.78 is 5.99. The first-order valence-corrected chi connectivity index (χ1v) is 7.54. The molecule has 1 aromatic rings. The maximum Gasteiger partial charge on any atom is 0.0797 e. The van der Waals surface area contributed by atoms with Gasteiger partial charge in [0.05, 0.1) is 12.1 Å². The average molecular weight is 253 g/mol. The molecule has 2 rings (SSSR count). The first-order chi connectivity index (χ1) is 8.26. The molecule has 0 aromatic carbocycles. The van der Waals surface area contributed by atoms with Gasteiger partial charge >= 0.3 is 0 Å². The average Bonchev–Trinajstić information content (AvgIpc) is 3.06. The number of hydrogen-bond acceptors (Lipinski definition) is 3. The molecule has 2 atom stereocenters. The molecule has 0 saturated heterocycles. The van der Waals surface area contributed by atoms with Crippen molar-refractivity contribution in [2.75, 3.05) is 13.2 Å². The molecule has 3 heteroatoms. The molecule has 1 saturated carbocycles. The number of ether oxygens (including phenoxy) is 1. The Kier molecular flexibility index (Phi) is 4.60. The van der Waals surface area contributed by atoms with Gasteiger partial charge in [0, 0.05) is 11.5 Å². The van der Waals surface area contributed by atoms with Crippen molar-refractivity contribution in [1.29, 1.82) is 0 Å². The summed E-state index contributed by atoms with van der Waals surface area (Å²) in [5.74, 6) is 0.763. The Bertz CT molecular complexity index is 346. The van der Waals surface area contributed by atoms with Crippen LogP contribution in [0.4, 0.5) is 0 Å². The van der Waals surface area contributed by atoms with Gasteiger partial charge < -0.3 is 10.1 Å². The number of nitrogens with one attached hydrogen (secondary N) is 1. The van der Waals surface area contributed by atoms with Crippen LogP contribution in [0.1, 0.15) is 43.2 Å². The van der Waals surface area contributed by atoms with Gasteiger partial charge in [-0.3, -0.25) is 0 Å². The standard InChI is InChI=1S/C14H23NOS/c1-4-15-13(12-8-10(3)17-9-12)14(16-5-2)11-6-7-11/h8-9,11,13-15H,4-7H2,1-3H3. The second kappa shape index (κ2) is 5.98. The van der Waals surface area contributed by atoms with Crippen LogP contribution in [0.3, 0.4) is 0 Å². The van der Waals surface area contributed by atoms with Crippen LogP contribution < -0.4 is 5.32 Å². The summed E-state index contributed by atoms with van der Waals surface area (Å²) in [7, 11) is 0. The van der Waals surface area contributed by atoms with Crippen LogP contribution in [0.5, 0.6) is 0 Å². The molecule has 1 heterocycles. The zero-order chi connectivity index (χ0) is 12.3. The Hall–Kier alpha value is -0.380. The summed E-state index contributed by atoms with van der Waals surface area (Å²) in [6.07, 6.45) is 3.01. The third-order valence-electron chi connectivity index (χ3n) is 3.31. The predicted molar refractivity (Wildman–Crippen MR) is 73.6 cm³/mol. The molecule has 0 radical (unpaired) electrons. The van der Waals surface area contributed by atoms with E-state index in [4.69, 9.17) is 4.74 Å². The van der Waals surface area contributed by atoms with Crippen molar-refractivity contribution in [2.24, 2.45) is 5.92 Å². The summed E-state index contributed by atoms with van der Waals surface area (Å²) in [6.45, 7) is 8.24. The minimum Gasteiger partial charge on any atom is -0.376 e. The molecule has 1 aliphatic carbocycles. The van der Waals surface area contributed by atoms with Crippen LogP contribution in [-0.2, 0) is 4.74 Å². The van der Waals surface area contributed by atoms with Crippen molar-refractivity contribution in [2.45, 2.75) is 45.8 Å². The maximum atomic E-state index is 5.99. The first kappa shape index (κ1) is 13.1. The molecule has 1 aromatic heterocycles. The fraction of sp³-hybridized carbons (Fsp3) is 0.714. The van der Waals surface area contributed by atoms with Crippen LogP contribution in [0.2, 0.25) is 0 Å². The van der Waals surface area contributed by atoms with E-state index in [1.807, 2.05) is 11.3 Å². The second-order valence-corrected chi connectivity index (χ2v) is 5.90. The number of likely N-dealkylation sites (N-methyl/N-ethyl adjacent to an activating group) is 1. The Labute approximate surface area is 108 Å². The van der Waals surface area contributed by atoms with Crippen molar-refractivity contribution >= 4 is 11.3 Å². The molecular weight excluding hydrogens is 230 g/mol. The van der Waals surface area contributed by atoms with E-state index >= 15 is 0 Å². The van der Waals surface area contributed by atoms with E-state index in [9.17, 15) is 0 Å². The molecule has 0 bridgehead atoms. The summed E-state index contributed by atoms with van der Waals surface area (Å²) >= 11 is 1.83. The lowest BCUT2D eigenvalue weighted by Gasteiger charge is -2.27. The van der Waals surface area contributed by atoms with Gasteiger partial charge in [-0.2, -0.15) is 0 Å². The van der Waals surface area contributed by atoms with Gasteiger partial charge in [-0.1, -0.05) is 6.92 Å². The molecule has 1 N–H and O–H groups in total. The fourth-order valence-electron chi connectivity index (χ4n) is 2.39. The Morgan fingerprint density at radius 3 is 2.71 bits per heavy atom. The maximum absolute atomic E-state index is 5.99. The highest BCUT2D eigenvalue weighted by Crippen LogP contribution is 2.40. The smallest absolute Gasteiger partial charge is 0.0797 e. The Morgan fingerprint density at radius 2 is 2.24 bits per heavy atom. The summed E-state index contributed by atoms with van der Waals surface area (Å²) in [6, 6.07) is 2.67. The minimum absolute atomic E-state index is 0.356. The van der Waals surface area contributed by atoms with Gasteiger partial charge in [-0.05, 0) is 56.2 Å². The third kappa shape index (κ3) is 3.30. The van der Waals surface area contributed by atoms with Crippen molar-refractivity contribution in [1.82, 2.24) is 5.32 Å². The fourth-order valence-corrected chi connectivity index (χ4v) is 3.13. The van der Waals surface area contributed by atoms with Crippen molar-refractivity contribution < 1.29 is 4.74 Å². The number of hydrogen-bond donors (Lipinski definition) is 1. The first-order valence-electron chi connectivity index (χ1n) is 6.66. The normalized spacial score (nSPS) is 19.2. The minimum atomic E-state index is 0.356. The summed E-state index contributed by atoms with van der Waals surface area (Å²) in [4.78, 5) is 1.38. The zero-order valence-corrected chi connectivity index (χ0v) is 11.8. The van der Waals surface area contributed by atoms with Gasteiger partial charge in [0.15, 0.2) is 0 Å². The van der Waals surface area contributed by atoms with E-state index in [0.717, 1.165) is 19.1 Å². The van der Waals surface area contributed by atoms with Crippen molar-refractivity contribution in [3.8, 4) is 0 Å². The SMILES string of the molecule is CCNC(c1csc(C)c1)C(OCC)C1CC1. The number of thiophene rings is 1. The monoisotopic (exact) mass is 253 g/mol. The van der Waals surface area contributed by atoms with Crippen LogP contribution >= 0.6 is 11.3 Å². The van der Waals surface area contributed by atoms with Gasteiger partial charge in [0.1, 0.15) is 0 Å². The Morgan fingerprint density at radius 1 is 1.47 bits per heavy atom. The van der Waals surface area contributed by atoms with E-state index < -0.39 is 0 Å². The van der Waals surface area contributed by atoms with E-state index in [0.29, 0.717) is 12.1 Å². The summed E-state index contributed by atoms with van der Waals surface area (Å²) in [5.41, 5.74) is 1.40. The van der Waals surface area contributed by atoms with Crippen LogP contribution in [-0.4, -0.2) is 19.3 Å². The number of aryl methyl sites for hydroxylation is 1. The molecule has 1 fully saturated rings. The number of rotatable bonds is 7. The molecule has 17 heavy (non-hydrogen) atoms. The van der Waals surface area contributed by atoms with Gasteiger partial charge in [-0.25, -0.2) is 0 Å². The lowest BCUT2D eigenvalue weighted by atomic mass is 10.00. The Balaban J connectivity index is 2.13. The second-order valence-electron chi connectivity index (χ2n) is 4.78. The third-order valence-corrected chi connectivity index (χ3v) is 4.19. The highest BCUT2D eigenvalue weighted by molar-refractivity contribution is 7.10. The van der Waals surface area contributed by atoms with Crippen molar-refractivity contribution in [3.63, 3.8) is 0 Å². The summed E-state index contributed by atoms with van der Waals surface area (Å²) in [5, 5.41) is 5.88. The zero-order valence-electron chi connectivity index (χ0n) is 11.0. The van der Waals surface area contributed by atoms with Crippen LogP contribution in [0.25, 0.3) is 0 Å². The lowest BCUT2D eigenvalue weighted by Crippen LogP contribution is -2.35. The highest BCUT2D eigenvalue weighted by Gasteiger charge is 2.37. The van der Waals surface area contributed by atoms with Gasteiger partial charge in [-0.15, -0.1) is 11.3 Å². The molecular formula is C14H23NOS. The molecule has 2 unspecified atom stereocenters. The molecule has 2 nitrogen and oxygen atoms in total. The van der Waals surface area contributed by atoms with Crippen LogP contribution in [0.15, 0.2) is 11.4 Å².